The second-order valence-electron chi connectivity index (χ2n) is 6.93. The van der Waals surface area contributed by atoms with Crippen LogP contribution in [0.15, 0.2) is 48.5 Å². The Bertz CT molecular complexity index is 1130. The number of rotatable bonds is 5. The van der Waals surface area contributed by atoms with E-state index in [-0.39, 0.29) is 5.91 Å². The minimum atomic E-state index is -0.395. The second kappa shape index (κ2) is 8.66. The van der Waals surface area contributed by atoms with Crippen molar-refractivity contribution in [2.75, 3.05) is 14.2 Å². The van der Waals surface area contributed by atoms with E-state index in [1.54, 1.807) is 31.3 Å². The predicted molar refractivity (Wildman–Crippen MR) is 116 cm³/mol. The van der Waals surface area contributed by atoms with E-state index in [4.69, 9.17) is 11.3 Å². The van der Waals surface area contributed by atoms with Crippen LogP contribution in [-0.2, 0) is 11.3 Å². The molecule has 0 saturated heterocycles. The molecule has 0 saturated carbocycles. The fourth-order valence-electron chi connectivity index (χ4n) is 3.62. The molecule has 3 rings (SSSR count). The highest BCUT2D eigenvalue weighted by atomic mass is 16.5. The second-order valence-corrected chi connectivity index (χ2v) is 6.93. The summed E-state index contributed by atoms with van der Waals surface area (Å²) in [5, 5.41) is 2.61. The lowest BCUT2D eigenvalue weighted by atomic mass is 10.0. The first-order valence-electron chi connectivity index (χ1n) is 9.48. The number of ether oxygens (including phenoxy) is 1. The van der Waals surface area contributed by atoms with Crippen molar-refractivity contribution < 1.29 is 14.3 Å². The molecular weight excluding hydrogens is 378 g/mol. The minimum Gasteiger partial charge on any atom is -0.465 e. The van der Waals surface area contributed by atoms with Gasteiger partial charge < -0.3 is 14.6 Å². The van der Waals surface area contributed by atoms with Gasteiger partial charge in [-0.05, 0) is 37.1 Å². The maximum Gasteiger partial charge on any atom is 0.340 e. The Labute approximate surface area is 175 Å². The Hall–Kier alpha value is -3.85. The van der Waals surface area contributed by atoms with Gasteiger partial charge in [0.15, 0.2) is 5.69 Å². The lowest BCUT2D eigenvalue weighted by Gasteiger charge is -2.11. The Morgan fingerprint density at radius 3 is 2.20 bits per heavy atom. The molecule has 30 heavy (non-hydrogen) atoms. The summed E-state index contributed by atoms with van der Waals surface area (Å²) in [6, 6.07) is 14.6. The fraction of sp³-hybridized carbons (Fsp3) is 0.208. The third-order valence-corrected chi connectivity index (χ3v) is 5.24. The van der Waals surface area contributed by atoms with Crippen molar-refractivity contribution in [1.82, 2.24) is 9.88 Å². The molecule has 0 aliphatic heterocycles. The van der Waals surface area contributed by atoms with E-state index in [0.717, 1.165) is 28.1 Å². The fourth-order valence-corrected chi connectivity index (χ4v) is 3.62. The number of esters is 1. The zero-order valence-corrected chi connectivity index (χ0v) is 17.4. The zero-order valence-electron chi connectivity index (χ0n) is 17.4. The third kappa shape index (κ3) is 3.83. The molecule has 3 aromatic rings. The molecule has 0 radical (unpaired) electrons. The van der Waals surface area contributed by atoms with Gasteiger partial charge in [0, 0.05) is 36.1 Å². The predicted octanol–water partition coefficient (Wildman–Crippen LogP) is 4.52. The summed E-state index contributed by atoms with van der Waals surface area (Å²) in [6.45, 7) is 11.6. The van der Waals surface area contributed by atoms with Crippen molar-refractivity contribution in [1.29, 1.82) is 0 Å². The Morgan fingerprint density at radius 1 is 1.03 bits per heavy atom. The van der Waals surface area contributed by atoms with Crippen LogP contribution in [0, 0.1) is 20.4 Å². The maximum absolute atomic E-state index is 12.6. The SMILES string of the molecule is [C-]#[N+]c1ccc(-c2c(C(=O)OC)c(C)n(Cc3ccc(C(=O)NC)cc3)c2C)cc1. The first-order valence-corrected chi connectivity index (χ1v) is 9.48. The van der Waals surface area contributed by atoms with Crippen LogP contribution in [0.25, 0.3) is 16.0 Å². The van der Waals surface area contributed by atoms with E-state index in [2.05, 4.69) is 14.7 Å². The number of benzene rings is 2. The Balaban J connectivity index is 2.07. The van der Waals surface area contributed by atoms with Gasteiger partial charge in [-0.15, -0.1) is 0 Å². The van der Waals surface area contributed by atoms with Crippen LogP contribution in [0.1, 0.15) is 37.7 Å². The number of hydrogen-bond acceptors (Lipinski definition) is 3. The normalized spacial score (nSPS) is 10.4. The van der Waals surface area contributed by atoms with Gasteiger partial charge in [-0.2, -0.15) is 0 Å². The molecule has 152 valence electrons. The van der Waals surface area contributed by atoms with Crippen LogP contribution in [0.4, 0.5) is 5.69 Å². The molecule has 1 heterocycles. The monoisotopic (exact) mass is 401 g/mol. The molecule has 0 aliphatic carbocycles. The van der Waals surface area contributed by atoms with Gasteiger partial charge in [0.1, 0.15) is 0 Å². The summed E-state index contributed by atoms with van der Waals surface area (Å²) in [5.41, 5.74) is 6.07. The van der Waals surface area contributed by atoms with E-state index in [9.17, 15) is 9.59 Å². The van der Waals surface area contributed by atoms with Crippen LogP contribution < -0.4 is 5.32 Å². The molecule has 6 nitrogen and oxygen atoms in total. The van der Waals surface area contributed by atoms with Crippen molar-refractivity contribution >= 4 is 17.6 Å². The largest absolute Gasteiger partial charge is 0.465 e. The lowest BCUT2D eigenvalue weighted by molar-refractivity contribution is 0.0600. The standard InChI is InChI=1S/C24H23N3O3/c1-15-21(18-10-12-20(25-3)13-11-18)22(24(29)30-5)16(2)27(15)14-17-6-8-19(9-7-17)23(28)26-4/h6-13H,14H2,1-2,4-5H3,(H,26,28). The maximum atomic E-state index is 12.6. The van der Waals surface area contributed by atoms with Gasteiger partial charge >= 0.3 is 5.97 Å². The minimum absolute atomic E-state index is 0.131. The van der Waals surface area contributed by atoms with Crippen LogP contribution >= 0.6 is 0 Å². The van der Waals surface area contributed by atoms with Crippen LogP contribution in [0.3, 0.4) is 0 Å². The highest BCUT2D eigenvalue weighted by molar-refractivity contribution is 6.00. The molecule has 1 amide bonds. The van der Waals surface area contributed by atoms with E-state index in [1.807, 2.05) is 38.1 Å². The lowest BCUT2D eigenvalue weighted by Crippen LogP contribution is -2.17. The van der Waals surface area contributed by atoms with Crippen LogP contribution in [-0.4, -0.2) is 30.6 Å². The summed E-state index contributed by atoms with van der Waals surface area (Å²) in [4.78, 5) is 27.8. The molecular formula is C24H23N3O3. The topological polar surface area (TPSA) is 64.7 Å². The van der Waals surface area contributed by atoms with Gasteiger partial charge in [-0.3, -0.25) is 4.79 Å². The number of aromatic nitrogens is 1. The van der Waals surface area contributed by atoms with Crippen LogP contribution in [0.2, 0.25) is 0 Å². The average molecular weight is 401 g/mol. The van der Waals surface area contributed by atoms with E-state index in [1.165, 1.54) is 7.11 Å². The van der Waals surface area contributed by atoms with Gasteiger partial charge in [-0.1, -0.05) is 36.4 Å². The van der Waals surface area contributed by atoms with Gasteiger partial charge in [0.25, 0.3) is 5.91 Å². The van der Waals surface area contributed by atoms with Crippen molar-refractivity contribution in [3.8, 4) is 11.1 Å². The van der Waals surface area contributed by atoms with E-state index in [0.29, 0.717) is 23.4 Å². The highest BCUT2D eigenvalue weighted by Crippen LogP contribution is 2.34. The number of hydrogen-bond donors (Lipinski definition) is 1. The van der Waals surface area contributed by atoms with Crippen molar-refractivity contribution in [3.05, 3.63) is 88.0 Å². The number of nitrogens with one attached hydrogen (secondary N) is 1. The molecule has 6 heteroatoms. The third-order valence-electron chi connectivity index (χ3n) is 5.24. The van der Waals surface area contributed by atoms with Gasteiger partial charge in [0.2, 0.25) is 0 Å². The van der Waals surface area contributed by atoms with E-state index < -0.39 is 5.97 Å². The quantitative estimate of drug-likeness (QED) is 0.505. The summed E-state index contributed by atoms with van der Waals surface area (Å²) in [7, 11) is 2.97. The molecule has 0 fully saturated rings. The molecule has 1 N–H and O–H groups in total. The summed E-state index contributed by atoms with van der Waals surface area (Å²) in [6.07, 6.45) is 0. The first-order chi connectivity index (χ1) is 14.4. The Morgan fingerprint density at radius 2 is 1.67 bits per heavy atom. The molecule has 0 spiro atoms. The Kier molecular flexibility index (Phi) is 6.03. The first kappa shape index (κ1) is 20.9. The van der Waals surface area contributed by atoms with Crippen molar-refractivity contribution in [2.24, 2.45) is 0 Å². The number of amides is 1. The molecule has 0 bridgehead atoms. The van der Waals surface area contributed by atoms with Crippen molar-refractivity contribution in [2.45, 2.75) is 20.4 Å². The molecule has 0 atom stereocenters. The van der Waals surface area contributed by atoms with E-state index >= 15 is 0 Å². The number of carbonyl (C=O) groups excluding carboxylic acids is 2. The number of methoxy groups -OCH3 is 1. The number of carbonyl (C=O) groups is 2. The number of nitrogens with zero attached hydrogens (tertiary/aromatic N) is 2. The highest BCUT2D eigenvalue weighted by Gasteiger charge is 2.24. The summed E-state index contributed by atoms with van der Waals surface area (Å²) in [5.74, 6) is -0.526. The molecule has 1 aromatic heterocycles. The van der Waals surface area contributed by atoms with Crippen LogP contribution in [0.5, 0.6) is 0 Å². The smallest absolute Gasteiger partial charge is 0.340 e. The summed E-state index contributed by atoms with van der Waals surface area (Å²) >= 11 is 0. The van der Waals surface area contributed by atoms with Crippen molar-refractivity contribution in [3.63, 3.8) is 0 Å². The van der Waals surface area contributed by atoms with Gasteiger partial charge in [-0.25, -0.2) is 9.64 Å². The average Bonchev–Trinajstić information content (AvgIpc) is 3.03. The molecule has 2 aromatic carbocycles. The molecule has 0 aliphatic rings. The zero-order chi connectivity index (χ0) is 21.8. The van der Waals surface area contributed by atoms with Gasteiger partial charge in [0.05, 0.1) is 19.2 Å². The molecule has 0 unspecified atom stereocenters. The summed E-state index contributed by atoms with van der Waals surface area (Å²) < 4.78 is 7.12.